The van der Waals surface area contributed by atoms with E-state index in [1.165, 1.54) is 12.3 Å². The van der Waals surface area contributed by atoms with E-state index in [1.54, 1.807) is 0 Å². The maximum Gasteiger partial charge on any atom is 0.136 e. The molecule has 1 heterocycles. The van der Waals surface area contributed by atoms with Crippen LogP contribution < -0.4 is 0 Å². The molecule has 1 nitrogen and oxygen atoms in total. The van der Waals surface area contributed by atoms with E-state index >= 15 is 0 Å². The molecule has 0 atom stereocenters. The molecule has 72 valence electrons. The highest BCUT2D eigenvalue weighted by Gasteiger charge is 2.10. The summed E-state index contributed by atoms with van der Waals surface area (Å²) in [6, 6.07) is 2.09. The Morgan fingerprint density at radius 2 is 1.86 bits per heavy atom. The summed E-state index contributed by atoms with van der Waals surface area (Å²) in [5.74, 6) is -1.23. The maximum absolute atomic E-state index is 13.4. The molecule has 0 N–H and O–H groups in total. The predicted molar refractivity (Wildman–Crippen MR) is 57.1 cm³/mol. The number of fused-ring (bicyclic) bond motifs is 1. The van der Waals surface area contributed by atoms with Crippen LogP contribution in [0.1, 0.15) is 0 Å². The van der Waals surface area contributed by atoms with E-state index in [0.717, 1.165) is 6.07 Å². The van der Waals surface area contributed by atoms with Gasteiger partial charge in [0.2, 0.25) is 0 Å². The fourth-order valence-corrected chi connectivity index (χ4v) is 2.14. The van der Waals surface area contributed by atoms with Crippen LogP contribution in [0.3, 0.4) is 0 Å². The van der Waals surface area contributed by atoms with E-state index in [4.69, 9.17) is 0 Å². The Morgan fingerprint density at radius 3 is 2.57 bits per heavy atom. The van der Waals surface area contributed by atoms with Gasteiger partial charge in [-0.3, -0.25) is 0 Å². The molecule has 0 fully saturated rings. The third-order valence-electron chi connectivity index (χ3n) is 1.81. The van der Waals surface area contributed by atoms with Crippen molar-refractivity contribution in [3.63, 3.8) is 0 Å². The van der Waals surface area contributed by atoms with E-state index in [2.05, 4.69) is 36.8 Å². The van der Waals surface area contributed by atoms with Crippen molar-refractivity contribution in [2.75, 3.05) is 0 Å². The minimum atomic E-state index is -0.624. The molecule has 2 rings (SSSR count). The van der Waals surface area contributed by atoms with E-state index < -0.39 is 11.6 Å². The smallest absolute Gasteiger partial charge is 0.136 e. The summed E-state index contributed by atoms with van der Waals surface area (Å²) < 4.78 is 27.2. The number of halogens is 4. The molecule has 0 spiro atoms. The lowest BCUT2D eigenvalue weighted by atomic mass is 10.2. The van der Waals surface area contributed by atoms with Gasteiger partial charge in [0.1, 0.15) is 16.2 Å². The standard InChI is InChI=1S/C9H3Br2F2N/c10-6-3-14-9(11)8-5(6)1-4(12)2-7(8)13/h1-3H. The number of rotatable bonds is 0. The topological polar surface area (TPSA) is 12.9 Å². The molecular formula is C9H3Br2F2N. The van der Waals surface area contributed by atoms with Crippen LogP contribution in [0.5, 0.6) is 0 Å². The fourth-order valence-electron chi connectivity index (χ4n) is 1.22. The molecule has 0 aliphatic carbocycles. The number of hydrogen-bond donors (Lipinski definition) is 0. The second-order valence-electron chi connectivity index (χ2n) is 2.71. The Kier molecular flexibility index (Phi) is 2.53. The lowest BCUT2D eigenvalue weighted by Gasteiger charge is -2.03. The lowest BCUT2D eigenvalue weighted by Crippen LogP contribution is -1.88. The summed E-state index contributed by atoms with van der Waals surface area (Å²) in [4.78, 5) is 3.90. The average molecular weight is 323 g/mol. The largest absolute Gasteiger partial charge is 0.247 e. The number of benzene rings is 1. The summed E-state index contributed by atoms with van der Waals surface area (Å²) in [6.07, 6.45) is 1.49. The zero-order valence-electron chi connectivity index (χ0n) is 6.69. The Balaban J connectivity index is 3.00. The van der Waals surface area contributed by atoms with Crippen LogP contribution in [-0.4, -0.2) is 4.98 Å². The minimum absolute atomic E-state index is 0.278. The molecule has 0 saturated carbocycles. The lowest BCUT2D eigenvalue weighted by molar-refractivity contribution is 0.591. The Hall–Kier alpha value is -0.550. The highest BCUT2D eigenvalue weighted by atomic mass is 79.9. The number of nitrogens with zero attached hydrogens (tertiary/aromatic N) is 1. The SMILES string of the molecule is Fc1cc(F)c2c(Br)ncc(Br)c2c1. The van der Waals surface area contributed by atoms with Gasteiger partial charge in [-0.2, -0.15) is 0 Å². The van der Waals surface area contributed by atoms with Gasteiger partial charge in [0, 0.05) is 22.1 Å². The first-order valence-electron chi connectivity index (χ1n) is 3.68. The van der Waals surface area contributed by atoms with Gasteiger partial charge in [0.05, 0.1) is 5.39 Å². The molecule has 0 aliphatic rings. The van der Waals surface area contributed by atoms with E-state index in [9.17, 15) is 8.78 Å². The highest BCUT2D eigenvalue weighted by Crippen LogP contribution is 2.30. The van der Waals surface area contributed by atoms with Crippen molar-refractivity contribution in [2.24, 2.45) is 0 Å². The van der Waals surface area contributed by atoms with Gasteiger partial charge in [-0.1, -0.05) is 0 Å². The first-order valence-corrected chi connectivity index (χ1v) is 5.27. The average Bonchev–Trinajstić information content (AvgIpc) is 2.10. The van der Waals surface area contributed by atoms with Crippen LogP contribution in [-0.2, 0) is 0 Å². The quantitative estimate of drug-likeness (QED) is 0.667. The van der Waals surface area contributed by atoms with E-state index in [0.29, 0.717) is 14.5 Å². The number of hydrogen-bond acceptors (Lipinski definition) is 1. The molecule has 0 unspecified atom stereocenters. The first-order chi connectivity index (χ1) is 6.59. The summed E-state index contributed by atoms with van der Waals surface area (Å²) in [6.45, 7) is 0. The summed E-state index contributed by atoms with van der Waals surface area (Å²) in [5.41, 5.74) is 0. The fraction of sp³-hybridized carbons (Fsp3) is 0. The minimum Gasteiger partial charge on any atom is -0.247 e. The summed E-state index contributed by atoms with van der Waals surface area (Å²) in [7, 11) is 0. The molecule has 0 radical (unpaired) electrons. The second-order valence-corrected chi connectivity index (χ2v) is 4.31. The molecule has 0 aliphatic heterocycles. The van der Waals surface area contributed by atoms with Crippen LogP contribution in [0, 0.1) is 11.6 Å². The zero-order chi connectivity index (χ0) is 10.3. The van der Waals surface area contributed by atoms with Gasteiger partial charge in [-0.05, 0) is 37.9 Å². The summed E-state index contributed by atoms with van der Waals surface area (Å²) in [5, 5.41) is 0.741. The van der Waals surface area contributed by atoms with Crippen molar-refractivity contribution in [1.82, 2.24) is 4.98 Å². The second kappa shape index (κ2) is 3.55. The predicted octanol–water partition coefficient (Wildman–Crippen LogP) is 4.04. The van der Waals surface area contributed by atoms with Gasteiger partial charge in [0.25, 0.3) is 0 Å². The number of aromatic nitrogens is 1. The van der Waals surface area contributed by atoms with Crippen molar-refractivity contribution >= 4 is 42.6 Å². The van der Waals surface area contributed by atoms with Gasteiger partial charge in [0.15, 0.2) is 0 Å². The van der Waals surface area contributed by atoms with E-state index in [1.807, 2.05) is 0 Å². The van der Waals surface area contributed by atoms with Gasteiger partial charge in [-0.25, -0.2) is 13.8 Å². The van der Waals surface area contributed by atoms with Crippen LogP contribution >= 0.6 is 31.9 Å². The molecule has 0 bridgehead atoms. The van der Waals surface area contributed by atoms with Crippen LogP contribution in [0.2, 0.25) is 0 Å². The highest BCUT2D eigenvalue weighted by molar-refractivity contribution is 9.11. The Morgan fingerprint density at radius 1 is 1.14 bits per heavy atom. The monoisotopic (exact) mass is 321 g/mol. The first kappa shape index (κ1) is 9.98. The van der Waals surface area contributed by atoms with Crippen molar-refractivity contribution in [3.8, 4) is 0 Å². The molecule has 1 aromatic heterocycles. The van der Waals surface area contributed by atoms with Crippen molar-refractivity contribution < 1.29 is 8.78 Å². The van der Waals surface area contributed by atoms with Crippen LogP contribution in [0.4, 0.5) is 8.78 Å². The van der Waals surface area contributed by atoms with Crippen LogP contribution in [0.15, 0.2) is 27.4 Å². The molecule has 2 aromatic rings. The molecule has 14 heavy (non-hydrogen) atoms. The van der Waals surface area contributed by atoms with Gasteiger partial charge >= 0.3 is 0 Å². The molecule has 1 aromatic carbocycles. The van der Waals surface area contributed by atoms with Crippen LogP contribution in [0.25, 0.3) is 10.8 Å². The molecule has 0 saturated heterocycles. The van der Waals surface area contributed by atoms with Crippen molar-refractivity contribution in [1.29, 1.82) is 0 Å². The van der Waals surface area contributed by atoms with Crippen molar-refractivity contribution in [2.45, 2.75) is 0 Å². The normalized spacial score (nSPS) is 10.9. The maximum atomic E-state index is 13.4. The zero-order valence-corrected chi connectivity index (χ0v) is 9.86. The van der Waals surface area contributed by atoms with Gasteiger partial charge < -0.3 is 0 Å². The third kappa shape index (κ3) is 1.54. The van der Waals surface area contributed by atoms with Gasteiger partial charge in [-0.15, -0.1) is 0 Å². The third-order valence-corrected chi connectivity index (χ3v) is 3.04. The van der Waals surface area contributed by atoms with E-state index in [-0.39, 0.29) is 5.39 Å². The number of pyridine rings is 1. The molecule has 0 amide bonds. The summed E-state index contributed by atoms with van der Waals surface area (Å²) >= 11 is 6.29. The Labute approximate surface area is 95.4 Å². The van der Waals surface area contributed by atoms with Crippen molar-refractivity contribution in [3.05, 3.63) is 39.0 Å². The molecule has 5 heteroatoms. The Bertz CT molecular complexity index is 514. The molecular weight excluding hydrogens is 320 g/mol.